The number of aliphatic hydroxyl groups excluding tert-OH is 1. The molecule has 0 heterocycles. The van der Waals surface area contributed by atoms with Gasteiger partial charge in [-0.25, -0.2) is 4.79 Å². The van der Waals surface area contributed by atoms with Crippen LogP contribution in [0, 0.1) is 6.92 Å². The Morgan fingerprint density at radius 3 is 2.58 bits per heavy atom. The topological polar surface area (TPSA) is 58.6 Å². The number of amides is 1. The van der Waals surface area contributed by atoms with E-state index < -0.39 is 17.8 Å². The maximum absolute atomic E-state index is 11.7. The molecule has 0 spiro atoms. The van der Waals surface area contributed by atoms with Crippen LogP contribution in [0.5, 0.6) is 0 Å². The number of hydrogen-bond donors (Lipinski definition) is 2. The highest BCUT2D eigenvalue weighted by Gasteiger charge is 2.17. The van der Waals surface area contributed by atoms with Gasteiger partial charge in [0, 0.05) is 5.69 Å². The smallest absolute Gasteiger partial charge is 0.412 e. The number of anilines is 1. The molecule has 1 aromatic carbocycles. The van der Waals surface area contributed by atoms with Crippen molar-refractivity contribution in [3.63, 3.8) is 0 Å². The lowest BCUT2D eigenvalue weighted by atomic mass is 10.1. The van der Waals surface area contributed by atoms with Crippen molar-refractivity contribution >= 4 is 11.8 Å². The zero-order valence-corrected chi connectivity index (χ0v) is 11.9. The Morgan fingerprint density at radius 2 is 2.11 bits per heavy atom. The second-order valence-corrected chi connectivity index (χ2v) is 5.38. The van der Waals surface area contributed by atoms with Gasteiger partial charge < -0.3 is 9.84 Å². The Labute approximate surface area is 114 Å². The molecule has 104 valence electrons. The predicted molar refractivity (Wildman–Crippen MR) is 76.2 cm³/mol. The first-order chi connectivity index (χ1) is 8.73. The Balaban J connectivity index is 2.81. The van der Waals surface area contributed by atoms with Gasteiger partial charge in [-0.05, 0) is 44.9 Å². The standard InChI is InChI=1S/C15H21NO3/c1-6-13(17)11-7-8-12(10(2)9-11)16-14(18)19-15(3,4)5/h6-9,13,17H,1H2,2-5H3,(H,16,18). The highest BCUT2D eigenvalue weighted by molar-refractivity contribution is 5.85. The zero-order chi connectivity index (χ0) is 14.6. The van der Waals surface area contributed by atoms with Gasteiger partial charge in [0.25, 0.3) is 0 Å². The number of aliphatic hydroxyl groups is 1. The molecular weight excluding hydrogens is 242 g/mol. The zero-order valence-electron chi connectivity index (χ0n) is 11.9. The van der Waals surface area contributed by atoms with Crippen LogP contribution in [-0.2, 0) is 4.74 Å². The van der Waals surface area contributed by atoms with Crippen LogP contribution >= 0.6 is 0 Å². The van der Waals surface area contributed by atoms with Crippen LogP contribution in [0.3, 0.4) is 0 Å². The molecule has 1 aromatic rings. The number of hydrogen-bond acceptors (Lipinski definition) is 3. The molecule has 0 aliphatic carbocycles. The largest absolute Gasteiger partial charge is 0.444 e. The summed E-state index contributed by atoms with van der Waals surface area (Å²) >= 11 is 0. The predicted octanol–water partition coefficient (Wildman–Crippen LogP) is 3.56. The number of rotatable bonds is 3. The average Bonchev–Trinajstić information content (AvgIpc) is 2.28. The molecular formula is C15H21NO3. The molecule has 19 heavy (non-hydrogen) atoms. The second kappa shape index (κ2) is 5.89. The van der Waals surface area contributed by atoms with Gasteiger partial charge in [-0.3, -0.25) is 5.32 Å². The summed E-state index contributed by atoms with van der Waals surface area (Å²) in [6.07, 6.45) is 0.261. The molecule has 1 rings (SSSR count). The number of benzene rings is 1. The van der Waals surface area contributed by atoms with E-state index in [-0.39, 0.29) is 0 Å². The fraction of sp³-hybridized carbons (Fsp3) is 0.400. The van der Waals surface area contributed by atoms with Gasteiger partial charge in [0.2, 0.25) is 0 Å². The van der Waals surface area contributed by atoms with Crippen molar-refractivity contribution < 1.29 is 14.6 Å². The van der Waals surface area contributed by atoms with E-state index in [2.05, 4.69) is 11.9 Å². The van der Waals surface area contributed by atoms with Gasteiger partial charge in [0.15, 0.2) is 0 Å². The summed E-state index contributed by atoms with van der Waals surface area (Å²) in [5, 5.41) is 12.3. The van der Waals surface area contributed by atoms with Crippen LogP contribution in [0.2, 0.25) is 0 Å². The molecule has 2 N–H and O–H groups in total. The molecule has 4 heteroatoms. The van der Waals surface area contributed by atoms with Crippen LogP contribution in [0.4, 0.5) is 10.5 Å². The monoisotopic (exact) mass is 263 g/mol. The van der Waals surface area contributed by atoms with E-state index in [0.29, 0.717) is 5.69 Å². The molecule has 0 saturated heterocycles. The van der Waals surface area contributed by atoms with Gasteiger partial charge in [-0.2, -0.15) is 0 Å². The van der Waals surface area contributed by atoms with E-state index in [1.807, 2.05) is 27.7 Å². The third kappa shape index (κ3) is 4.75. The Kier molecular flexibility index (Phi) is 4.72. The first-order valence-corrected chi connectivity index (χ1v) is 6.14. The molecule has 1 atom stereocenters. The van der Waals surface area contributed by atoms with E-state index >= 15 is 0 Å². The molecule has 0 fully saturated rings. The van der Waals surface area contributed by atoms with Crippen molar-refractivity contribution in [3.05, 3.63) is 42.0 Å². The number of aryl methyl sites for hydroxylation is 1. The molecule has 1 amide bonds. The molecule has 0 aromatic heterocycles. The van der Waals surface area contributed by atoms with Crippen molar-refractivity contribution in [1.29, 1.82) is 0 Å². The number of carbonyl (C=O) groups excluding carboxylic acids is 1. The average molecular weight is 263 g/mol. The van der Waals surface area contributed by atoms with Crippen LogP contribution in [-0.4, -0.2) is 16.8 Å². The van der Waals surface area contributed by atoms with Crippen LogP contribution < -0.4 is 5.32 Å². The summed E-state index contributed by atoms with van der Waals surface area (Å²) in [7, 11) is 0. The minimum absolute atomic E-state index is 0.493. The van der Waals surface area contributed by atoms with Gasteiger partial charge in [0.1, 0.15) is 5.60 Å². The van der Waals surface area contributed by atoms with Crippen molar-refractivity contribution in [2.45, 2.75) is 39.4 Å². The van der Waals surface area contributed by atoms with E-state index in [9.17, 15) is 9.90 Å². The van der Waals surface area contributed by atoms with E-state index in [0.717, 1.165) is 11.1 Å². The molecule has 0 radical (unpaired) electrons. The van der Waals surface area contributed by atoms with Gasteiger partial charge >= 0.3 is 6.09 Å². The van der Waals surface area contributed by atoms with Crippen molar-refractivity contribution in [2.24, 2.45) is 0 Å². The SMILES string of the molecule is C=CC(O)c1ccc(NC(=O)OC(C)(C)C)c(C)c1. The van der Waals surface area contributed by atoms with E-state index in [1.54, 1.807) is 18.2 Å². The summed E-state index contributed by atoms with van der Waals surface area (Å²) in [4.78, 5) is 11.7. The number of carbonyl (C=O) groups is 1. The van der Waals surface area contributed by atoms with Crippen molar-refractivity contribution in [1.82, 2.24) is 0 Å². The Morgan fingerprint density at radius 1 is 1.47 bits per heavy atom. The lowest BCUT2D eigenvalue weighted by molar-refractivity contribution is 0.0636. The van der Waals surface area contributed by atoms with Gasteiger partial charge in [-0.15, -0.1) is 6.58 Å². The fourth-order valence-corrected chi connectivity index (χ4v) is 1.56. The Hall–Kier alpha value is -1.81. The first kappa shape index (κ1) is 15.2. The lowest BCUT2D eigenvalue weighted by Crippen LogP contribution is -2.27. The summed E-state index contributed by atoms with van der Waals surface area (Å²) in [6.45, 7) is 10.8. The van der Waals surface area contributed by atoms with Gasteiger partial charge in [-0.1, -0.05) is 18.2 Å². The third-order valence-corrected chi connectivity index (χ3v) is 2.45. The number of ether oxygens (including phenoxy) is 1. The minimum Gasteiger partial charge on any atom is -0.444 e. The van der Waals surface area contributed by atoms with E-state index in [1.165, 1.54) is 6.08 Å². The third-order valence-electron chi connectivity index (χ3n) is 2.45. The lowest BCUT2D eigenvalue weighted by Gasteiger charge is -2.20. The summed E-state index contributed by atoms with van der Waals surface area (Å²) in [6, 6.07) is 5.28. The normalized spacial score (nSPS) is 12.7. The molecule has 0 saturated carbocycles. The molecule has 0 bridgehead atoms. The summed E-state index contributed by atoms with van der Waals surface area (Å²) in [5.41, 5.74) is 1.72. The number of nitrogens with one attached hydrogen (secondary N) is 1. The highest BCUT2D eigenvalue weighted by atomic mass is 16.6. The maximum atomic E-state index is 11.7. The second-order valence-electron chi connectivity index (χ2n) is 5.38. The van der Waals surface area contributed by atoms with Crippen LogP contribution in [0.25, 0.3) is 0 Å². The minimum atomic E-state index is -0.700. The van der Waals surface area contributed by atoms with Crippen LogP contribution in [0.15, 0.2) is 30.9 Å². The first-order valence-electron chi connectivity index (χ1n) is 6.14. The Bertz CT molecular complexity index is 475. The van der Waals surface area contributed by atoms with E-state index in [4.69, 9.17) is 4.74 Å². The van der Waals surface area contributed by atoms with Crippen molar-refractivity contribution in [2.75, 3.05) is 5.32 Å². The fourth-order valence-electron chi connectivity index (χ4n) is 1.56. The van der Waals surface area contributed by atoms with Crippen molar-refractivity contribution in [3.8, 4) is 0 Å². The molecule has 1 unspecified atom stereocenters. The van der Waals surface area contributed by atoms with Crippen LogP contribution in [0.1, 0.15) is 38.0 Å². The molecule has 0 aliphatic rings. The maximum Gasteiger partial charge on any atom is 0.412 e. The quantitative estimate of drug-likeness (QED) is 0.820. The molecule has 4 nitrogen and oxygen atoms in total. The van der Waals surface area contributed by atoms with Gasteiger partial charge in [0.05, 0.1) is 6.10 Å². The summed E-state index contributed by atoms with van der Waals surface area (Å²) < 4.78 is 5.18. The summed E-state index contributed by atoms with van der Waals surface area (Å²) in [5.74, 6) is 0. The molecule has 0 aliphatic heterocycles. The highest BCUT2D eigenvalue weighted by Crippen LogP contribution is 2.22.